The van der Waals surface area contributed by atoms with E-state index in [9.17, 15) is 4.79 Å². The summed E-state index contributed by atoms with van der Waals surface area (Å²) in [7, 11) is 1.72. The van der Waals surface area contributed by atoms with E-state index in [1.54, 1.807) is 7.11 Å². The van der Waals surface area contributed by atoms with Gasteiger partial charge in [0.25, 0.3) is 0 Å². The van der Waals surface area contributed by atoms with E-state index in [2.05, 4.69) is 6.92 Å². The maximum Gasteiger partial charge on any atom is 0.305 e. The van der Waals surface area contributed by atoms with E-state index in [4.69, 9.17) is 9.47 Å². The van der Waals surface area contributed by atoms with Gasteiger partial charge in [-0.05, 0) is 25.2 Å². The molecule has 0 fully saturated rings. The van der Waals surface area contributed by atoms with Crippen molar-refractivity contribution in [2.45, 2.75) is 52.4 Å². The van der Waals surface area contributed by atoms with Crippen molar-refractivity contribution in [1.82, 2.24) is 0 Å². The van der Waals surface area contributed by atoms with E-state index in [0.29, 0.717) is 18.9 Å². The Bertz CT molecular complexity index is 169. The predicted molar refractivity (Wildman–Crippen MR) is 65.4 cm³/mol. The van der Waals surface area contributed by atoms with E-state index in [-0.39, 0.29) is 5.97 Å². The molecule has 0 rings (SSSR count). The fourth-order valence-corrected chi connectivity index (χ4v) is 1.66. The number of hydrogen-bond donors (Lipinski definition) is 0. The quantitative estimate of drug-likeness (QED) is 0.541. The molecule has 0 bridgehead atoms. The van der Waals surface area contributed by atoms with Gasteiger partial charge in [-0.25, -0.2) is 0 Å². The van der Waals surface area contributed by atoms with Crippen LogP contribution in [0.3, 0.4) is 0 Å². The van der Waals surface area contributed by atoms with Crippen LogP contribution in [-0.4, -0.2) is 26.3 Å². The maximum atomic E-state index is 11.1. The van der Waals surface area contributed by atoms with Crippen LogP contribution in [0.4, 0.5) is 0 Å². The van der Waals surface area contributed by atoms with Crippen LogP contribution in [0.2, 0.25) is 0 Å². The van der Waals surface area contributed by atoms with Crippen molar-refractivity contribution in [2.75, 3.05) is 20.3 Å². The molecule has 1 unspecified atom stereocenters. The number of carbonyl (C=O) groups is 1. The van der Waals surface area contributed by atoms with Crippen LogP contribution in [0.25, 0.3) is 0 Å². The average Bonchev–Trinajstić information content (AvgIpc) is 2.26. The SMILES string of the molecule is CCCCC(CCOC(=O)CCC)COC. The number of carbonyl (C=O) groups excluding carboxylic acids is 1. The molecule has 0 radical (unpaired) electrons. The van der Waals surface area contributed by atoms with Crippen molar-refractivity contribution in [3.8, 4) is 0 Å². The fourth-order valence-electron chi connectivity index (χ4n) is 1.66. The largest absolute Gasteiger partial charge is 0.466 e. The van der Waals surface area contributed by atoms with Gasteiger partial charge in [-0.3, -0.25) is 4.79 Å². The highest BCUT2D eigenvalue weighted by Crippen LogP contribution is 2.13. The minimum absolute atomic E-state index is 0.0749. The highest BCUT2D eigenvalue weighted by Gasteiger charge is 2.09. The van der Waals surface area contributed by atoms with E-state index in [0.717, 1.165) is 25.9 Å². The number of esters is 1. The van der Waals surface area contributed by atoms with Gasteiger partial charge in [0.1, 0.15) is 0 Å². The standard InChI is InChI=1S/C13H26O3/c1-4-6-8-12(11-15-3)9-10-16-13(14)7-5-2/h12H,4-11H2,1-3H3. The summed E-state index contributed by atoms with van der Waals surface area (Å²) in [5, 5.41) is 0. The number of unbranched alkanes of at least 4 members (excludes halogenated alkanes) is 1. The first-order valence-corrected chi connectivity index (χ1v) is 6.39. The van der Waals surface area contributed by atoms with Crippen molar-refractivity contribution in [1.29, 1.82) is 0 Å². The van der Waals surface area contributed by atoms with Crippen molar-refractivity contribution in [3.63, 3.8) is 0 Å². The molecular formula is C13H26O3. The first kappa shape index (κ1) is 15.4. The van der Waals surface area contributed by atoms with Crippen molar-refractivity contribution in [3.05, 3.63) is 0 Å². The van der Waals surface area contributed by atoms with Gasteiger partial charge in [-0.15, -0.1) is 0 Å². The normalized spacial score (nSPS) is 12.4. The Morgan fingerprint density at radius 3 is 2.50 bits per heavy atom. The summed E-state index contributed by atoms with van der Waals surface area (Å²) in [5.74, 6) is 0.452. The molecule has 0 aromatic rings. The van der Waals surface area contributed by atoms with Crippen LogP contribution in [0.15, 0.2) is 0 Å². The molecule has 0 aromatic heterocycles. The van der Waals surface area contributed by atoms with Crippen LogP contribution < -0.4 is 0 Å². The molecule has 0 aliphatic heterocycles. The molecule has 0 aromatic carbocycles. The first-order chi connectivity index (χ1) is 7.74. The first-order valence-electron chi connectivity index (χ1n) is 6.39. The zero-order valence-corrected chi connectivity index (χ0v) is 11.0. The smallest absolute Gasteiger partial charge is 0.305 e. The summed E-state index contributed by atoms with van der Waals surface area (Å²) in [6.45, 7) is 5.48. The summed E-state index contributed by atoms with van der Waals surface area (Å²) in [6, 6.07) is 0. The topological polar surface area (TPSA) is 35.5 Å². The molecule has 96 valence electrons. The molecule has 0 heterocycles. The van der Waals surface area contributed by atoms with Gasteiger partial charge in [0, 0.05) is 20.1 Å². The number of rotatable bonds is 10. The minimum Gasteiger partial charge on any atom is -0.466 e. The number of methoxy groups -OCH3 is 1. The van der Waals surface area contributed by atoms with E-state index in [1.165, 1.54) is 12.8 Å². The van der Waals surface area contributed by atoms with E-state index in [1.807, 2.05) is 6.92 Å². The van der Waals surface area contributed by atoms with Gasteiger partial charge in [0.15, 0.2) is 0 Å². The lowest BCUT2D eigenvalue weighted by Crippen LogP contribution is -2.13. The number of hydrogen-bond acceptors (Lipinski definition) is 3. The second-order valence-corrected chi connectivity index (χ2v) is 4.22. The van der Waals surface area contributed by atoms with Gasteiger partial charge in [0.05, 0.1) is 6.61 Å². The summed E-state index contributed by atoms with van der Waals surface area (Å²) in [5.41, 5.74) is 0. The summed E-state index contributed by atoms with van der Waals surface area (Å²) in [4.78, 5) is 11.1. The Balaban J connectivity index is 3.61. The van der Waals surface area contributed by atoms with Crippen molar-refractivity contribution < 1.29 is 14.3 Å². The van der Waals surface area contributed by atoms with Gasteiger partial charge < -0.3 is 9.47 Å². The van der Waals surface area contributed by atoms with Gasteiger partial charge in [-0.1, -0.05) is 26.7 Å². The fraction of sp³-hybridized carbons (Fsp3) is 0.923. The average molecular weight is 230 g/mol. The Morgan fingerprint density at radius 1 is 1.19 bits per heavy atom. The zero-order chi connectivity index (χ0) is 12.2. The van der Waals surface area contributed by atoms with Gasteiger partial charge in [0.2, 0.25) is 0 Å². The Kier molecular flexibility index (Phi) is 10.5. The highest BCUT2D eigenvalue weighted by atomic mass is 16.5. The van der Waals surface area contributed by atoms with Crippen LogP contribution in [-0.2, 0) is 14.3 Å². The van der Waals surface area contributed by atoms with Gasteiger partial charge >= 0.3 is 5.97 Å². The molecule has 0 spiro atoms. The molecule has 3 nitrogen and oxygen atoms in total. The second-order valence-electron chi connectivity index (χ2n) is 4.22. The monoisotopic (exact) mass is 230 g/mol. The molecule has 1 atom stereocenters. The van der Waals surface area contributed by atoms with E-state index < -0.39 is 0 Å². The molecule has 0 saturated heterocycles. The van der Waals surface area contributed by atoms with Crippen LogP contribution in [0.1, 0.15) is 52.4 Å². The Labute approximate surface area is 99.5 Å². The number of ether oxygens (including phenoxy) is 2. The molecule has 3 heteroatoms. The van der Waals surface area contributed by atoms with E-state index >= 15 is 0 Å². The van der Waals surface area contributed by atoms with Gasteiger partial charge in [-0.2, -0.15) is 0 Å². The summed E-state index contributed by atoms with van der Waals surface area (Å²) in [6.07, 6.45) is 5.89. The van der Waals surface area contributed by atoms with Crippen LogP contribution in [0, 0.1) is 5.92 Å². The highest BCUT2D eigenvalue weighted by molar-refractivity contribution is 5.69. The lowest BCUT2D eigenvalue weighted by molar-refractivity contribution is -0.144. The van der Waals surface area contributed by atoms with Crippen LogP contribution in [0.5, 0.6) is 0 Å². The Hall–Kier alpha value is -0.570. The third-order valence-corrected chi connectivity index (χ3v) is 2.61. The lowest BCUT2D eigenvalue weighted by Gasteiger charge is -2.15. The third-order valence-electron chi connectivity index (χ3n) is 2.61. The van der Waals surface area contributed by atoms with Crippen molar-refractivity contribution >= 4 is 5.97 Å². The lowest BCUT2D eigenvalue weighted by atomic mass is 10.00. The third kappa shape index (κ3) is 8.72. The Morgan fingerprint density at radius 2 is 1.94 bits per heavy atom. The summed E-state index contributed by atoms with van der Waals surface area (Å²) >= 11 is 0. The second kappa shape index (κ2) is 10.9. The molecule has 0 amide bonds. The molecule has 16 heavy (non-hydrogen) atoms. The zero-order valence-electron chi connectivity index (χ0n) is 11.0. The molecule has 0 aliphatic rings. The summed E-state index contributed by atoms with van der Waals surface area (Å²) < 4.78 is 10.3. The van der Waals surface area contributed by atoms with Crippen molar-refractivity contribution in [2.24, 2.45) is 5.92 Å². The maximum absolute atomic E-state index is 11.1. The minimum atomic E-state index is -0.0749. The molecule has 0 N–H and O–H groups in total. The molecular weight excluding hydrogens is 204 g/mol. The molecule has 0 saturated carbocycles. The molecule has 0 aliphatic carbocycles. The van der Waals surface area contributed by atoms with Crippen LogP contribution >= 0.6 is 0 Å². The predicted octanol–water partition coefficient (Wildman–Crippen LogP) is 3.17.